The van der Waals surface area contributed by atoms with Gasteiger partial charge >= 0.3 is 0 Å². The first-order valence-corrected chi connectivity index (χ1v) is 7.29. The third-order valence-corrected chi connectivity index (χ3v) is 3.34. The minimum absolute atomic E-state index is 0.0207. The number of aryl methyl sites for hydroxylation is 2. The summed E-state index contributed by atoms with van der Waals surface area (Å²) in [5.41, 5.74) is 2.14. The van der Waals surface area contributed by atoms with Crippen molar-refractivity contribution in [3.8, 4) is 0 Å². The molecule has 110 valence electrons. The Balaban J connectivity index is 1.62. The Kier molecular flexibility index (Phi) is 5.95. The average Bonchev–Trinajstić information content (AvgIpc) is 2.51. The van der Waals surface area contributed by atoms with Crippen LogP contribution >= 0.6 is 0 Å². The van der Waals surface area contributed by atoms with Crippen molar-refractivity contribution in [1.29, 1.82) is 0 Å². The molecule has 0 saturated heterocycles. The Bertz CT molecular complexity index is 568. The molecule has 1 amide bonds. The van der Waals surface area contributed by atoms with Gasteiger partial charge in [-0.3, -0.25) is 4.79 Å². The van der Waals surface area contributed by atoms with Gasteiger partial charge in [-0.05, 0) is 42.5 Å². The van der Waals surface area contributed by atoms with E-state index in [4.69, 9.17) is 0 Å². The molecular weight excluding hydrogens is 265 g/mol. The van der Waals surface area contributed by atoms with Crippen molar-refractivity contribution >= 4 is 5.91 Å². The van der Waals surface area contributed by atoms with Crippen molar-refractivity contribution in [3.63, 3.8) is 0 Å². The third kappa shape index (κ3) is 5.78. The van der Waals surface area contributed by atoms with Crippen LogP contribution in [0.4, 0.5) is 4.39 Å². The van der Waals surface area contributed by atoms with Gasteiger partial charge in [-0.2, -0.15) is 0 Å². The number of carbonyl (C=O) groups excluding carboxylic acids is 1. The summed E-state index contributed by atoms with van der Waals surface area (Å²) < 4.78 is 13.0. The molecule has 0 aromatic heterocycles. The van der Waals surface area contributed by atoms with Crippen LogP contribution in [0.5, 0.6) is 0 Å². The highest BCUT2D eigenvalue weighted by Crippen LogP contribution is 2.06. The van der Waals surface area contributed by atoms with Crippen LogP contribution < -0.4 is 5.32 Å². The largest absolute Gasteiger partial charge is 0.356 e. The monoisotopic (exact) mass is 285 g/mol. The van der Waals surface area contributed by atoms with E-state index in [0.717, 1.165) is 18.4 Å². The molecule has 21 heavy (non-hydrogen) atoms. The van der Waals surface area contributed by atoms with Gasteiger partial charge in [0.25, 0.3) is 0 Å². The number of nitrogens with one attached hydrogen (secondary N) is 1. The summed E-state index contributed by atoms with van der Waals surface area (Å²) in [4.78, 5) is 11.7. The van der Waals surface area contributed by atoms with Crippen molar-refractivity contribution in [2.24, 2.45) is 0 Å². The van der Waals surface area contributed by atoms with Crippen LogP contribution in [0.2, 0.25) is 0 Å². The summed E-state index contributed by atoms with van der Waals surface area (Å²) in [6.45, 7) is 0.677. The zero-order valence-electron chi connectivity index (χ0n) is 12.0. The summed E-state index contributed by atoms with van der Waals surface area (Å²) in [5, 5.41) is 2.91. The van der Waals surface area contributed by atoms with E-state index in [-0.39, 0.29) is 11.7 Å². The summed E-state index contributed by atoms with van der Waals surface area (Å²) in [6, 6.07) is 16.6. The minimum Gasteiger partial charge on any atom is -0.356 e. The first kappa shape index (κ1) is 15.2. The fourth-order valence-electron chi connectivity index (χ4n) is 2.20. The quantitative estimate of drug-likeness (QED) is 0.775. The van der Waals surface area contributed by atoms with E-state index in [1.54, 1.807) is 6.07 Å². The molecular formula is C18H20FNO. The highest BCUT2D eigenvalue weighted by Gasteiger charge is 2.02. The lowest BCUT2D eigenvalue weighted by Crippen LogP contribution is -2.24. The highest BCUT2D eigenvalue weighted by atomic mass is 19.1. The Labute approximate surface area is 125 Å². The van der Waals surface area contributed by atoms with Crippen LogP contribution in [0.15, 0.2) is 54.6 Å². The van der Waals surface area contributed by atoms with Crippen LogP contribution in [-0.2, 0) is 17.6 Å². The van der Waals surface area contributed by atoms with Crippen molar-refractivity contribution in [2.45, 2.75) is 25.7 Å². The molecule has 0 heterocycles. The molecule has 2 rings (SSSR count). The Hall–Kier alpha value is -2.16. The molecule has 0 atom stereocenters. The van der Waals surface area contributed by atoms with E-state index < -0.39 is 0 Å². The Morgan fingerprint density at radius 3 is 2.48 bits per heavy atom. The van der Waals surface area contributed by atoms with Crippen LogP contribution in [0.25, 0.3) is 0 Å². The second kappa shape index (κ2) is 8.20. The van der Waals surface area contributed by atoms with E-state index in [1.165, 1.54) is 17.7 Å². The zero-order valence-corrected chi connectivity index (χ0v) is 12.0. The minimum atomic E-state index is -0.254. The molecule has 1 N–H and O–H groups in total. The van der Waals surface area contributed by atoms with Crippen molar-refractivity contribution in [1.82, 2.24) is 5.32 Å². The normalized spacial score (nSPS) is 10.3. The molecule has 2 aromatic carbocycles. The topological polar surface area (TPSA) is 29.1 Å². The number of hydrogen-bond acceptors (Lipinski definition) is 1. The zero-order chi connectivity index (χ0) is 14.9. The Morgan fingerprint density at radius 1 is 0.952 bits per heavy atom. The van der Waals surface area contributed by atoms with Gasteiger partial charge in [0, 0.05) is 13.0 Å². The molecule has 0 aliphatic heterocycles. The first-order chi connectivity index (χ1) is 10.2. The van der Waals surface area contributed by atoms with Gasteiger partial charge in [0.2, 0.25) is 5.91 Å². The molecule has 2 nitrogen and oxygen atoms in total. The lowest BCUT2D eigenvalue weighted by atomic mass is 10.1. The van der Waals surface area contributed by atoms with Gasteiger partial charge in [-0.15, -0.1) is 0 Å². The van der Waals surface area contributed by atoms with Crippen LogP contribution in [0.1, 0.15) is 24.0 Å². The molecule has 3 heteroatoms. The maximum Gasteiger partial charge on any atom is 0.220 e. The van der Waals surface area contributed by atoms with E-state index >= 15 is 0 Å². The van der Waals surface area contributed by atoms with Crippen molar-refractivity contribution in [2.75, 3.05) is 6.54 Å². The fourth-order valence-corrected chi connectivity index (χ4v) is 2.20. The number of hydrogen-bond donors (Lipinski definition) is 1. The maximum absolute atomic E-state index is 13.0. The molecule has 0 aliphatic carbocycles. The fraction of sp³-hybridized carbons (Fsp3) is 0.278. The lowest BCUT2D eigenvalue weighted by Gasteiger charge is -2.06. The highest BCUT2D eigenvalue weighted by molar-refractivity contribution is 5.76. The van der Waals surface area contributed by atoms with Crippen molar-refractivity contribution < 1.29 is 9.18 Å². The standard InChI is InChI=1S/C18H20FNO/c19-17-10-4-8-16(14-17)11-12-18(21)20-13-5-9-15-6-2-1-3-7-15/h1-4,6-8,10,14H,5,9,11-13H2,(H,20,21). The average molecular weight is 285 g/mol. The summed E-state index contributed by atoms with van der Waals surface area (Å²) in [7, 11) is 0. The second-order valence-electron chi connectivity index (χ2n) is 5.07. The number of benzene rings is 2. The van der Waals surface area contributed by atoms with E-state index in [9.17, 15) is 9.18 Å². The summed E-state index contributed by atoms with van der Waals surface area (Å²) in [5.74, 6) is -0.233. The molecule has 0 radical (unpaired) electrons. The van der Waals surface area contributed by atoms with Crippen LogP contribution in [-0.4, -0.2) is 12.5 Å². The van der Waals surface area contributed by atoms with Gasteiger partial charge in [0.05, 0.1) is 0 Å². The molecule has 0 unspecified atom stereocenters. The first-order valence-electron chi connectivity index (χ1n) is 7.29. The maximum atomic E-state index is 13.0. The Morgan fingerprint density at radius 2 is 1.71 bits per heavy atom. The van der Waals surface area contributed by atoms with Crippen molar-refractivity contribution in [3.05, 3.63) is 71.5 Å². The molecule has 0 spiro atoms. The molecule has 0 bridgehead atoms. The number of halogens is 1. The van der Waals surface area contributed by atoms with E-state index in [0.29, 0.717) is 19.4 Å². The summed E-state index contributed by atoms with van der Waals surface area (Å²) in [6.07, 6.45) is 2.86. The number of amides is 1. The predicted molar refractivity (Wildman–Crippen MR) is 82.5 cm³/mol. The van der Waals surface area contributed by atoms with E-state index in [1.807, 2.05) is 24.3 Å². The molecule has 0 fully saturated rings. The second-order valence-corrected chi connectivity index (χ2v) is 5.07. The van der Waals surface area contributed by atoms with Gasteiger partial charge in [0.15, 0.2) is 0 Å². The lowest BCUT2D eigenvalue weighted by molar-refractivity contribution is -0.121. The van der Waals surface area contributed by atoms with Gasteiger partial charge < -0.3 is 5.32 Å². The smallest absolute Gasteiger partial charge is 0.220 e. The molecule has 2 aromatic rings. The predicted octanol–water partition coefficient (Wildman–Crippen LogP) is 3.51. The SMILES string of the molecule is O=C(CCc1cccc(F)c1)NCCCc1ccccc1. The van der Waals surface area contributed by atoms with Gasteiger partial charge in [-0.25, -0.2) is 4.39 Å². The van der Waals surface area contributed by atoms with Gasteiger partial charge in [-0.1, -0.05) is 42.5 Å². The summed E-state index contributed by atoms with van der Waals surface area (Å²) >= 11 is 0. The van der Waals surface area contributed by atoms with Crippen LogP contribution in [0.3, 0.4) is 0 Å². The van der Waals surface area contributed by atoms with Gasteiger partial charge in [0.1, 0.15) is 5.82 Å². The molecule has 0 saturated carbocycles. The number of rotatable bonds is 7. The number of carbonyl (C=O) groups is 1. The third-order valence-electron chi connectivity index (χ3n) is 3.34. The van der Waals surface area contributed by atoms with Crippen LogP contribution in [0, 0.1) is 5.82 Å². The van der Waals surface area contributed by atoms with E-state index in [2.05, 4.69) is 17.4 Å². The molecule has 0 aliphatic rings.